The number of rotatable bonds is 7. The molecule has 0 aromatic rings. The van der Waals surface area contributed by atoms with E-state index in [0.717, 1.165) is 12.5 Å². The van der Waals surface area contributed by atoms with E-state index in [1.165, 1.54) is 32.1 Å². The molecule has 0 spiro atoms. The topological polar surface area (TPSA) is 45.0 Å². The van der Waals surface area contributed by atoms with Crippen molar-refractivity contribution in [1.29, 1.82) is 5.26 Å². The van der Waals surface area contributed by atoms with Gasteiger partial charge < -0.3 is 4.74 Å². The number of nitrogens with zero attached hydrogens (tertiary/aromatic N) is 1. The van der Waals surface area contributed by atoms with Crippen LogP contribution in [0.4, 0.5) is 0 Å². The third-order valence-electron chi connectivity index (χ3n) is 2.82. The summed E-state index contributed by atoms with van der Waals surface area (Å²) in [6, 6.07) is 2.73. The van der Waals surface area contributed by atoms with E-state index in [0.29, 0.717) is 12.6 Å². The van der Waals surface area contributed by atoms with Crippen molar-refractivity contribution in [3.05, 3.63) is 0 Å². The lowest BCUT2D eigenvalue weighted by molar-refractivity contribution is 0.117. The van der Waals surface area contributed by atoms with Crippen LogP contribution in [0.1, 0.15) is 32.1 Å². The maximum atomic E-state index is 8.83. The first-order valence-corrected chi connectivity index (χ1v) is 5.62. The Hall–Kier alpha value is -0.590. The molecule has 1 unspecified atom stereocenters. The van der Waals surface area contributed by atoms with E-state index in [1.807, 2.05) is 0 Å². The zero-order chi connectivity index (χ0) is 9.80. The van der Waals surface area contributed by atoms with E-state index < -0.39 is 0 Å². The zero-order valence-electron chi connectivity index (χ0n) is 8.54. The molecule has 0 aliphatic heterocycles. The Bertz CT molecular complexity index is 216. The van der Waals surface area contributed by atoms with Gasteiger partial charge in [0.1, 0.15) is 6.04 Å². The second-order valence-corrected chi connectivity index (χ2v) is 4.43. The molecule has 2 aliphatic carbocycles. The highest BCUT2D eigenvalue weighted by Crippen LogP contribution is 2.32. The summed E-state index contributed by atoms with van der Waals surface area (Å²) in [5, 5.41) is 12.1. The van der Waals surface area contributed by atoms with Crippen molar-refractivity contribution in [2.45, 2.75) is 44.2 Å². The molecule has 0 aromatic heterocycles. The van der Waals surface area contributed by atoms with E-state index >= 15 is 0 Å². The van der Waals surface area contributed by atoms with Gasteiger partial charge in [0.25, 0.3) is 0 Å². The minimum Gasteiger partial charge on any atom is -0.379 e. The third kappa shape index (κ3) is 3.65. The van der Waals surface area contributed by atoms with Crippen molar-refractivity contribution in [3.8, 4) is 6.07 Å². The first-order valence-electron chi connectivity index (χ1n) is 5.62. The van der Waals surface area contributed by atoms with Crippen LogP contribution in [0.5, 0.6) is 0 Å². The van der Waals surface area contributed by atoms with E-state index in [9.17, 15) is 0 Å². The predicted octanol–water partition coefficient (Wildman–Crippen LogP) is 1.45. The Kier molecular flexibility index (Phi) is 3.39. The Morgan fingerprint density at radius 3 is 2.71 bits per heavy atom. The standard InChI is InChI=1S/C11H18N2O/c12-7-11(13-10-3-4-10)8-14-6-5-9-1-2-9/h9-11,13H,1-6,8H2. The molecule has 0 saturated heterocycles. The van der Waals surface area contributed by atoms with Gasteiger partial charge in [-0.1, -0.05) is 12.8 Å². The summed E-state index contributed by atoms with van der Waals surface area (Å²) in [6.07, 6.45) is 6.39. The largest absolute Gasteiger partial charge is 0.379 e. The van der Waals surface area contributed by atoms with Gasteiger partial charge in [-0.25, -0.2) is 0 Å². The lowest BCUT2D eigenvalue weighted by atomic mass is 10.3. The lowest BCUT2D eigenvalue weighted by Crippen LogP contribution is -2.33. The fraction of sp³-hybridized carbons (Fsp3) is 0.909. The van der Waals surface area contributed by atoms with E-state index in [-0.39, 0.29) is 6.04 Å². The highest BCUT2D eigenvalue weighted by molar-refractivity contribution is 4.95. The lowest BCUT2D eigenvalue weighted by Gasteiger charge is -2.10. The first kappa shape index (κ1) is 9.95. The maximum absolute atomic E-state index is 8.83. The maximum Gasteiger partial charge on any atom is 0.119 e. The SMILES string of the molecule is N#CC(COCCC1CC1)NC1CC1. The van der Waals surface area contributed by atoms with Gasteiger partial charge in [-0.2, -0.15) is 5.26 Å². The minimum absolute atomic E-state index is 0.0956. The molecule has 3 heteroatoms. The van der Waals surface area contributed by atoms with Crippen molar-refractivity contribution in [1.82, 2.24) is 5.32 Å². The Balaban J connectivity index is 1.50. The summed E-state index contributed by atoms with van der Waals surface area (Å²) >= 11 is 0. The quantitative estimate of drug-likeness (QED) is 0.624. The molecule has 2 fully saturated rings. The van der Waals surface area contributed by atoms with Crippen LogP contribution in [-0.2, 0) is 4.74 Å². The van der Waals surface area contributed by atoms with Crippen LogP contribution >= 0.6 is 0 Å². The van der Waals surface area contributed by atoms with Gasteiger partial charge in [0.15, 0.2) is 0 Å². The Labute approximate surface area is 85.4 Å². The van der Waals surface area contributed by atoms with Crippen LogP contribution in [0.2, 0.25) is 0 Å². The summed E-state index contributed by atoms with van der Waals surface area (Å²) in [4.78, 5) is 0. The fourth-order valence-corrected chi connectivity index (χ4v) is 1.51. The second-order valence-electron chi connectivity index (χ2n) is 4.43. The van der Waals surface area contributed by atoms with E-state index in [1.54, 1.807) is 0 Å². The smallest absolute Gasteiger partial charge is 0.119 e. The molecule has 0 radical (unpaired) electrons. The normalized spacial score (nSPS) is 23.1. The molecule has 2 rings (SSSR count). The number of ether oxygens (including phenoxy) is 1. The number of hydrogen-bond donors (Lipinski definition) is 1. The van der Waals surface area contributed by atoms with Gasteiger partial charge in [0.2, 0.25) is 0 Å². The molecular weight excluding hydrogens is 176 g/mol. The van der Waals surface area contributed by atoms with E-state index in [2.05, 4.69) is 11.4 Å². The van der Waals surface area contributed by atoms with Gasteiger partial charge in [-0.15, -0.1) is 0 Å². The van der Waals surface area contributed by atoms with Crippen LogP contribution in [0.15, 0.2) is 0 Å². The molecule has 2 saturated carbocycles. The summed E-state index contributed by atoms with van der Waals surface area (Å²) in [6.45, 7) is 1.38. The summed E-state index contributed by atoms with van der Waals surface area (Å²) in [7, 11) is 0. The Morgan fingerprint density at radius 1 is 1.36 bits per heavy atom. The third-order valence-corrected chi connectivity index (χ3v) is 2.82. The van der Waals surface area contributed by atoms with Gasteiger partial charge in [-0.3, -0.25) is 5.32 Å². The molecule has 1 N–H and O–H groups in total. The second kappa shape index (κ2) is 4.77. The molecule has 0 bridgehead atoms. The van der Waals surface area contributed by atoms with Gasteiger partial charge in [-0.05, 0) is 25.2 Å². The molecule has 1 atom stereocenters. The number of nitriles is 1. The van der Waals surface area contributed by atoms with Gasteiger partial charge in [0, 0.05) is 12.6 Å². The molecule has 2 aliphatic rings. The number of nitrogens with one attached hydrogen (secondary N) is 1. The highest BCUT2D eigenvalue weighted by Gasteiger charge is 2.25. The van der Waals surface area contributed by atoms with Crippen molar-refractivity contribution < 1.29 is 4.74 Å². The zero-order valence-corrected chi connectivity index (χ0v) is 8.54. The molecule has 3 nitrogen and oxygen atoms in total. The van der Waals surface area contributed by atoms with Crippen LogP contribution in [0, 0.1) is 17.2 Å². The van der Waals surface area contributed by atoms with Crippen LogP contribution in [-0.4, -0.2) is 25.3 Å². The molecule has 78 valence electrons. The fourth-order valence-electron chi connectivity index (χ4n) is 1.51. The average molecular weight is 194 g/mol. The van der Waals surface area contributed by atoms with E-state index in [4.69, 9.17) is 10.00 Å². The summed E-state index contributed by atoms with van der Waals surface area (Å²) in [5.74, 6) is 0.923. The van der Waals surface area contributed by atoms with Crippen molar-refractivity contribution in [2.75, 3.05) is 13.2 Å². The highest BCUT2D eigenvalue weighted by atomic mass is 16.5. The molecule has 0 aromatic carbocycles. The summed E-state index contributed by atoms with van der Waals surface area (Å²) in [5.41, 5.74) is 0. The average Bonchev–Trinajstić information content (AvgIpc) is 3.03. The van der Waals surface area contributed by atoms with Crippen molar-refractivity contribution >= 4 is 0 Å². The van der Waals surface area contributed by atoms with Crippen molar-refractivity contribution in [2.24, 2.45) is 5.92 Å². The molecule has 0 amide bonds. The van der Waals surface area contributed by atoms with Crippen LogP contribution in [0.25, 0.3) is 0 Å². The molecular formula is C11H18N2O. The van der Waals surface area contributed by atoms with Gasteiger partial charge in [0.05, 0.1) is 12.7 Å². The van der Waals surface area contributed by atoms with Crippen molar-refractivity contribution in [3.63, 3.8) is 0 Å². The number of hydrogen-bond acceptors (Lipinski definition) is 3. The van der Waals surface area contributed by atoms with Crippen LogP contribution < -0.4 is 5.32 Å². The Morgan fingerprint density at radius 2 is 2.14 bits per heavy atom. The van der Waals surface area contributed by atoms with Gasteiger partial charge >= 0.3 is 0 Å². The summed E-state index contributed by atoms with van der Waals surface area (Å²) < 4.78 is 5.48. The predicted molar refractivity (Wildman–Crippen MR) is 53.7 cm³/mol. The first-order chi connectivity index (χ1) is 6.88. The molecule has 0 heterocycles. The molecule has 14 heavy (non-hydrogen) atoms. The monoisotopic (exact) mass is 194 g/mol. The van der Waals surface area contributed by atoms with Crippen LogP contribution in [0.3, 0.4) is 0 Å². The minimum atomic E-state index is -0.0956.